The van der Waals surface area contributed by atoms with E-state index in [4.69, 9.17) is 4.74 Å². The molecule has 1 rings (SSSR count). The normalized spacial score (nSPS) is 11.9. The fourth-order valence-electron chi connectivity index (χ4n) is 1.39. The second-order valence-electron chi connectivity index (χ2n) is 3.87. The second kappa shape index (κ2) is 6.91. The summed E-state index contributed by atoms with van der Waals surface area (Å²) in [5.74, 6) is 0.782. The minimum Gasteiger partial charge on any atom is -0.494 e. The average Bonchev–Trinajstić information content (AvgIpc) is 2.34. The predicted octanol–water partition coefficient (Wildman–Crippen LogP) is 1.64. The Labute approximate surface area is 102 Å². The van der Waals surface area contributed by atoms with Gasteiger partial charge >= 0.3 is 0 Å². The Balaban J connectivity index is 2.30. The molecule has 2 N–H and O–H groups in total. The van der Waals surface area contributed by atoms with Crippen LogP contribution in [0.3, 0.4) is 0 Å². The van der Waals surface area contributed by atoms with Gasteiger partial charge in [-0.1, -0.05) is 12.1 Å². The average molecular weight is 237 g/mol. The Morgan fingerprint density at radius 3 is 2.59 bits per heavy atom. The van der Waals surface area contributed by atoms with Crippen molar-refractivity contribution in [2.75, 3.05) is 13.7 Å². The van der Waals surface area contributed by atoms with Gasteiger partial charge in [0.15, 0.2) is 0 Å². The molecule has 0 saturated heterocycles. The first-order chi connectivity index (χ1) is 8.13. The molecular formula is C13H19NO3. The van der Waals surface area contributed by atoms with E-state index in [0.29, 0.717) is 19.4 Å². The summed E-state index contributed by atoms with van der Waals surface area (Å²) < 4.78 is 5.47. The molecule has 4 nitrogen and oxygen atoms in total. The second-order valence-corrected chi connectivity index (χ2v) is 3.87. The van der Waals surface area contributed by atoms with Crippen molar-refractivity contribution in [2.24, 2.45) is 0 Å². The summed E-state index contributed by atoms with van der Waals surface area (Å²) >= 11 is 0. The van der Waals surface area contributed by atoms with Gasteiger partial charge in [0.25, 0.3) is 0 Å². The number of aliphatic hydroxyl groups is 1. The smallest absolute Gasteiger partial charge is 0.219 e. The van der Waals surface area contributed by atoms with Gasteiger partial charge in [0, 0.05) is 13.5 Å². The molecule has 4 heteroatoms. The van der Waals surface area contributed by atoms with Crippen LogP contribution < -0.4 is 10.1 Å². The lowest BCUT2D eigenvalue weighted by Gasteiger charge is -2.08. The van der Waals surface area contributed by atoms with Crippen molar-refractivity contribution < 1.29 is 14.6 Å². The van der Waals surface area contributed by atoms with E-state index >= 15 is 0 Å². The summed E-state index contributed by atoms with van der Waals surface area (Å²) in [5, 5.41) is 11.9. The quantitative estimate of drug-likeness (QED) is 0.739. The minimum absolute atomic E-state index is 0.0260. The maximum atomic E-state index is 10.9. The maximum Gasteiger partial charge on any atom is 0.219 e. The van der Waals surface area contributed by atoms with Gasteiger partial charge in [-0.2, -0.15) is 0 Å². The number of carbonyl (C=O) groups excluding carboxylic acids is 1. The summed E-state index contributed by atoms with van der Waals surface area (Å²) in [6, 6.07) is 7.31. The Morgan fingerprint density at radius 1 is 1.41 bits per heavy atom. The largest absolute Gasteiger partial charge is 0.494 e. The summed E-state index contributed by atoms with van der Waals surface area (Å²) in [7, 11) is 1.62. The molecule has 1 atom stereocenters. The number of amides is 1. The zero-order valence-electron chi connectivity index (χ0n) is 10.3. The number of carbonyl (C=O) groups is 1. The van der Waals surface area contributed by atoms with Gasteiger partial charge in [-0.3, -0.25) is 4.79 Å². The number of aliphatic hydroxyl groups excluding tert-OH is 1. The number of nitrogens with one attached hydrogen (secondary N) is 1. The standard InChI is InChI=1S/C13H19NO3/c1-10(15)11-5-7-12(8-6-11)17-9-3-4-13(16)14-2/h5-8,10,15H,3-4,9H2,1-2H3,(H,14,16)/t10-/m1/s1. The summed E-state index contributed by atoms with van der Waals surface area (Å²) in [4.78, 5) is 10.9. The molecule has 0 aliphatic rings. The lowest BCUT2D eigenvalue weighted by molar-refractivity contribution is -0.120. The first-order valence-electron chi connectivity index (χ1n) is 5.75. The maximum absolute atomic E-state index is 10.9. The van der Waals surface area contributed by atoms with Gasteiger partial charge in [-0.25, -0.2) is 0 Å². The van der Waals surface area contributed by atoms with Crippen molar-refractivity contribution in [3.63, 3.8) is 0 Å². The molecule has 1 aromatic rings. The molecule has 0 unspecified atom stereocenters. The summed E-state index contributed by atoms with van der Waals surface area (Å²) in [6.07, 6.45) is 0.706. The molecule has 0 bridgehead atoms. The van der Waals surface area contributed by atoms with Crippen LogP contribution in [0.15, 0.2) is 24.3 Å². The highest BCUT2D eigenvalue weighted by Gasteiger charge is 2.01. The molecule has 0 aliphatic carbocycles. The number of ether oxygens (including phenoxy) is 1. The molecule has 94 valence electrons. The molecule has 0 aromatic heterocycles. The fraction of sp³-hybridized carbons (Fsp3) is 0.462. The van der Waals surface area contributed by atoms with E-state index in [1.54, 1.807) is 14.0 Å². The molecule has 0 fully saturated rings. The third kappa shape index (κ3) is 4.87. The van der Waals surface area contributed by atoms with Crippen molar-refractivity contribution in [1.29, 1.82) is 0 Å². The number of benzene rings is 1. The molecule has 0 aliphatic heterocycles. The number of rotatable bonds is 6. The number of hydrogen-bond acceptors (Lipinski definition) is 3. The lowest BCUT2D eigenvalue weighted by atomic mass is 10.1. The fourth-order valence-corrected chi connectivity index (χ4v) is 1.39. The lowest BCUT2D eigenvalue weighted by Crippen LogP contribution is -2.18. The van der Waals surface area contributed by atoms with Gasteiger partial charge in [0.2, 0.25) is 5.91 Å². The number of hydrogen-bond donors (Lipinski definition) is 2. The first-order valence-corrected chi connectivity index (χ1v) is 5.75. The van der Waals surface area contributed by atoms with Crippen molar-refractivity contribution in [3.05, 3.63) is 29.8 Å². The van der Waals surface area contributed by atoms with Crippen LogP contribution in [0, 0.1) is 0 Å². The van der Waals surface area contributed by atoms with E-state index in [-0.39, 0.29) is 5.91 Å². The summed E-state index contributed by atoms with van der Waals surface area (Å²) in [6.45, 7) is 2.24. The zero-order chi connectivity index (χ0) is 12.7. The highest BCUT2D eigenvalue weighted by molar-refractivity contribution is 5.75. The highest BCUT2D eigenvalue weighted by Crippen LogP contribution is 2.17. The van der Waals surface area contributed by atoms with E-state index in [1.165, 1.54) is 0 Å². The van der Waals surface area contributed by atoms with Gasteiger partial charge in [0.1, 0.15) is 5.75 Å². The zero-order valence-corrected chi connectivity index (χ0v) is 10.3. The monoisotopic (exact) mass is 237 g/mol. The van der Waals surface area contributed by atoms with E-state index in [2.05, 4.69) is 5.32 Å². The van der Waals surface area contributed by atoms with E-state index in [9.17, 15) is 9.90 Å². The van der Waals surface area contributed by atoms with Crippen molar-refractivity contribution >= 4 is 5.91 Å². The van der Waals surface area contributed by atoms with Crippen LogP contribution in [0.2, 0.25) is 0 Å². The van der Waals surface area contributed by atoms with Crippen LogP contribution in [0.5, 0.6) is 5.75 Å². The van der Waals surface area contributed by atoms with Crippen molar-refractivity contribution in [1.82, 2.24) is 5.32 Å². The molecule has 17 heavy (non-hydrogen) atoms. The van der Waals surface area contributed by atoms with Crippen LogP contribution in [0.4, 0.5) is 0 Å². The van der Waals surface area contributed by atoms with Crippen LogP contribution >= 0.6 is 0 Å². The SMILES string of the molecule is CNC(=O)CCCOc1ccc([C@@H](C)O)cc1. The molecule has 1 aromatic carbocycles. The Hall–Kier alpha value is -1.55. The van der Waals surface area contributed by atoms with Gasteiger partial charge in [-0.05, 0) is 31.0 Å². The molecule has 0 heterocycles. The van der Waals surface area contributed by atoms with Crippen LogP contribution in [0.25, 0.3) is 0 Å². The third-order valence-corrected chi connectivity index (χ3v) is 2.46. The van der Waals surface area contributed by atoms with Crippen LogP contribution in [-0.2, 0) is 4.79 Å². The van der Waals surface area contributed by atoms with E-state index in [0.717, 1.165) is 11.3 Å². The predicted molar refractivity (Wildman–Crippen MR) is 65.9 cm³/mol. The molecule has 0 radical (unpaired) electrons. The Morgan fingerprint density at radius 2 is 2.06 bits per heavy atom. The molecule has 0 saturated carbocycles. The van der Waals surface area contributed by atoms with Gasteiger partial charge < -0.3 is 15.2 Å². The summed E-state index contributed by atoms with van der Waals surface area (Å²) in [5.41, 5.74) is 0.864. The Bertz CT molecular complexity index is 346. The Kier molecular flexibility index (Phi) is 5.49. The van der Waals surface area contributed by atoms with E-state index < -0.39 is 6.10 Å². The molecular weight excluding hydrogens is 218 g/mol. The van der Waals surface area contributed by atoms with Crippen molar-refractivity contribution in [2.45, 2.75) is 25.9 Å². The van der Waals surface area contributed by atoms with Gasteiger partial charge in [0.05, 0.1) is 12.7 Å². The highest BCUT2D eigenvalue weighted by atomic mass is 16.5. The van der Waals surface area contributed by atoms with Crippen LogP contribution in [0.1, 0.15) is 31.4 Å². The molecule has 0 spiro atoms. The topological polar surface area (TPSA) is 58.6 Å². The van der Waals surface area contributed by atoms with Gasteiger partial charge in [-0.15, -0.1) is 0 Å². The van der Waals surface area contributed by atoms with Crippen LogP contribution in [-0.4, -0.2) is 24.7 Å². The first kappa shape index (κ1) is 13.5. The third-order valence-electron chi connectivity index (χ3n) is 2.46. The minimum atomic E-state index is -0.461. The van der Waals surface area contributed by atoms with E-state index in [1.807, 2.05) is 24.3 Å². The molecule has 1 amide bonds. The van der Waals surface area contributed by atoms with Crippen molar-refractivity contribution in [3.8, 4) is 5.75 Å².